The van der Waals surface area contributed by atoms with Gasteiger partial charge in [0.2, 0.25) is 11.8 Å². The Balaban J connectivity index is 2.06. The number of rotatable bonds is 2. The van der Waals surface area contributed by atoms with Crippen molar-refractivity contribution in [2.75, 3.05) is 7.11 Å². The lowest BCUT2D eigenvalue weighted by Crippen LogP contribution is -2.23. The molecule has 0 unspecified atom stereocenters. The van der Waals surface area contributed by atoms with Gasteiger partial charge in [-0.15, -0.1) is 0 Å². The van der Waals surface area contributed by atoms with Gasteiger partial charge in [-0.3, -0.25) is 0 Å². The van der Waals surface area contributed by atoms with E-state index < -0.39 is 0 Å². The van der Waals surface area contributed by atoms with Crippen LogP contribution in [0.1, 0.15) is 18.9 Å². The molecule has 1 aliphatic heterocycles. The molecular weight excluding hydrogens is 242 g/mol. The molecule has 2 aromatic heterocycles. The first-order valence-electron chi connectivity index (χ1n) is 6.43. The Labute approximate surface area is 112 Å². The quantitative estimate of drug-likeness (QED) is 0.831. The zero-order valence-corrected chi connectivity index (χ0v) is 11.4. The standard InChI is InChI=1S/C14H17N3O2/c1-9-5-7-17-14(19-9)10(2)13(16-17)11-4-6-15-12(8-11)18-3/h4,6,8-9H,5,7H2,1-3H3/t9-/m1/s1. The molecule has 19 heavy (non-hydrogen) atoms. The minimum absolute atomic E-state index is 0.253. The van der Waals surface area contributed by atoms with E-state index in [1.807, 2.05) is 23.7 Å². The average molecular weight is 259 g/mol. The first kappa shape index (κ1) is 12.0. The lowest BCUT2D eigenvalue weighted by Gasteiger charge is -2.21. The van der Waals surface area contributed by atoms with E-state index in [0.717, 1.165) is 35.7 Å². The van der Waals surface area contributed by atoms with Crippen LogP contribution in [0.5, 0.6) is 11.8 Å². The fraction of sp³-hybridized carbons (Fsp3) is 0.429. The third-order valence-electron chi connectivity index (χ3n) is 3.41. The van der Waals surface area contributed by atoms with Crippen molar-refractivity contribution >= 4 is 0 Å². The van der Waals surface area contributed by atoms with E-state index in [4.69, 9.17) is 9.47 Å². The summed E-state index contributed by atoms with van der Waals surface area (Å²) in [6.45, 7) is 5.03. The highest BCUT2D eigenvalue weighted by molar-refractivity contribution is 5.65. The fourth-order valence-corrected chi connectivity index (χ4v) is 2.33. The number of hydrogen-bond acceptors (Lipinski definition) is 4. The lowest BCUT2D eigenvalue weighted by atomic mass is 10.1. The van der Waals surface area contributed by atoms with Gasteiger partial charge >= 0.3 is 0 Å². The molecule has 0 aromatic carbocycles. The van der Waals surface area contributed by atoms with Gasteiger partial charge in [-0.25, -0.2) is 9.67 Å². The van der Waals surface area contributed by atoms with E-state index in [2.05, 4.69) is 17.0 Å². The number of fused-ring (bicyclic) bond motifs is 1. The Kier molecular flexibility index (Phi) is 2.89. The van der Waals surface area contributed by atoms with Gasteiger partial charge in [-0.2, -0.15) is 5.10 Å². The van der Waals surface area contributed by atoms with Gasteiger partial charge in [0.1, 0.15) is 0 Å². The molecule has 0 aliphatic carbocycles. The summed E-state index contributed by atoms with van der Waals surface area (Å²) in [6, 6.07) is 3.83. The fourth-order valence-electron chi connectivity index (χ4n) is 2.33. The van der Waals surface area contributed by atoms with Crippen LogP contribution in [-0.4, -0.2) is 28.0 Å². The minimum atomic E-state index is 0.253. The van der Waals surface area contributed by atoms with Gasteiger partial charge in [0.05, 0.1) is 18.9 Å². The van der Waals surface area contributed by atoms with Crippen molar-refractivity contribution < 1.29 is 9.47 Å². The monoisotopic (exact) mass is 259 g/mol. The van der Waals surface area contributed by atoms with Crippen molar-refractivity contribution in [2.24, 2.45) is 0 Å². The number of pyridine rings is 1. The molecule has 0 saturated heterocycles. The molecule has 0 saturated carbocycles. The van der Waals surface area contributed by atoms with Gasteiger partial charge < -0.3 is 9.47 Å². The lowest BCUT2D eigenvalue weighted by molar-refractivity contribution is 0.148. The topological polar surface area (TPSA) is 49.2 Å². The van der Waals surface area contributed by atoms with Crippen LogP contribution in [0.3, 0.4) is 0 Å². The Morgan fingerprint density at radius 3 is 3.11 bits per heavy atom. The van der Waals surface area contributed by atoms with E-state index >= 15 is 0 Å². The van der Waals surface area contributed by atoms with Crippen LogP contribution in [0.4, 0.5) is 0 Å². The molecule has 0 bridgehead atoms. The Morgan fingerprint density at radius 1 is 1.47 bits per heavy atom. The highest BCUT2D eigenvalue weighted by Crippen LogP contribution is 2.33. The molecule has 3 heterocycles. The Hall–Kier alpha value is -2.04. The second-order valence-electron chi connectivity index (χ2n) is 4.81. The number of methoxy groups -OCH3 is 1. The zero-order chi connectivity index (χ0) is 13.4. The summed E-state index contributed by atoms with van der Waals surface area (Å²) < 4.78 is 13.0. The first-order chi connectivity index (χ1) is 9.19. The van der Waals surface area contributed by atoms with E-state index in [9.17, 15) is 0 Å². The van der Waals surface area contributed by atoms with Gasteiger partial charge in [0.15, 0.2) is 0 Å². The molecule has 0 fully saturated rings. The van der Waals surface area contributed by atoms with Crippen LogP contribution < -0.4 is 9.47 Å². The van der Waals surface area contributed by atoms with Crippen LogP contribution in [0, 0.1) is 6.92 Å². The van der Waals surface area contributed by atoms with Crippen LogP contribution in [0.2, 0.25) is 0 Å². The summed E-state index contributed by atoms with van der Waals surface area (Å²) in [6.07, 6.45) is 2.98. The van der Waals surface area contributed by atoms with E-state index in [1.54, 1.807) is 13.3 Å². The van der Waals surface area contributed by atoms with Gasteiger partial charge in [0, 0.05) is 36.4 Å². The SMILES string of the molecule is COc1cc(-c2nn3c(c2C)O[C@H](C)CC3)ccn1. The Bertz CT molecular complexity index is 607. The predicted molar refractivity (Wildman–Crippen MR) is 71.5 cm³/mol. The molecule has 100 valence electrons. The summed E-state index contributed by atoms with van der Waals surface area (Å²) in [7, 11) is 1.61. The molecule has 3 rings (SSSR count). The molecule has 1 atom stereocenters. The maximum atomic E-state index is 5.87. The summed E-state index contributed by atoms with van der Waals surface area (Å²) >= 11 is 0. The van der Waals surface area contributed by atoms with Crippen molar-refractivity contribution in [1.82, 2.24) is 14.8 Å². The Morgan fingerprint density at radius 2 is 2.32 bits per heavy atom. The molecule has 5 heteroatoms. The number of nitrogens with zero attached hydrogens (tertiary/aromatic N) is 3. The molecule has 0 N–H and O–H groups in total. The van der Waals surface area contributed by atoms with Gasteiger partial charge in [-0.05, 0) is 19.9 Å². The molecular formula is C14H17N3O2. The van der Waals surface area contributed by atoms with Gasteiger partial charge in [-0.1, -0.05) is 0 Å². The number of hydrogen-bond donors (Lipinski definition) is 0. The van der Waals surface area contributed by atoms with E-state index in [-0.39, 0.29) is 6.10 Å². The molecule has 1 aliphatic rings. The van der Waals surface area contributed by atoms with Gasteiger partial charge in [0.25, 0.3) is 0 Å². The van der Waals surface area contributed by atoms with E-state index in [0.29, 0.717) is 5.88 Å². The van der Waals surface area contributed by atoms with Crippen LogP contribution in [0.15, 0.2) is 18.3 Å². The smallest absolute Gasteiger partial charge is 0.215 e. The van der Waals surface area contributed by atoms with E-state index in [1.165, 1.54) is 0 Å². The second-order valence-corrected chi connectivity index (χ2v) is 4.81. The normalized spacial score (nSPS) is 17.7. The summed E-state index contributed by atoms with van der Waals surface area (Å²) in [5.74, 6) is 1.47. The highest BCUT2D eigenvalue weighted by Gasteiger charge is 2.23. The van der Waals surface area contributed by atoms with Crippen LogP contribution in [0.25, 0.3) is 11.3 Å². The molecule has 0 amide bonds. The third-order valence-corrected chi connectivity index (χ3v) is 3.41. The number of aryl methyl sites for hydroxylation is 1. The van der Waals surface area contributed by atoms with Crippen molar-refractivity contribution in [3.8, 4) is 23.0 Å². The average Bonchev–Trinajstić information content (AvgIpc) is 2.76. The van der Waals surface area contributed by atoms with Crippen molar-refractivity contribution in [3.63, 3.8) is 0 Å². The largest absolute Gasteiger partial charge is 0.481 e. The maximum absolute atomic E-state index is 5.87. The molecule has 5 nitrogen and oxygen atoms in total. The minimum Gasteiger partial charge on any atom is -0.481 e. The highest BCUT2D eigenvalue weighted by atomic mass is 16.5. The first-order valence-corrected chi connectivity index (χ1v) is 6.43. The molecule has 0 radical (unpaired) electrons. The van der Waals surface area contributed by atoms with Crippen LogP contribution in [-0.2, 0) is 6.54 Å². The second kappa shape index (κ2) is 4.57. The third kappa shape index (κ3) is 2.05. The molecule has 0 spiro atoms. The van der Waals surface area contributed by atoms with Crippen molar-refractivity contribution in [2.45, 2.75) is 32.9 Å². The summed E-state index contributed by atoms with van der Waals surface area (Å²) in [4.78, 5) is 4.12. The zero-order valence-electron chi connectivity index (χ0n) is 11.4. The van der Waals surface area contributed by atoms with Crippen molar-refractivity contribution in [3.05, 3.63) is 23.9 Å². The summed E-state index contributed by atoms with van der Waals surface area (Å²) in [5.41, 5.74) is 3.01. The van der Waals surface area contributed by atoms with Crippen LogP contribution >= 0.6 is 0 Å². The summed E-state index contributed by atoms with van der Waals surface area (Å²) in [5, 5.41) is 4.64. The molecule has 2 aromatic rings. The number of ether oxygens (including phenoxy) is 2. The maximum Gasteiger partial charge on any atom is 0.215 e. The predicted octanol–water partition coefficient (Wildman–Crippen LogP) is 2.43. The van der Waals surface area contributed by atoms with Crippen molar-refractivity contribution in [1.29, 1.82) is 0 Å². The number of aromatic nitrogens is 3.